The van der Waals surface area contributed by atoms with Gasteiger partial charge in [0.1, 0.15) is 6.54 Å². The predicted octanol–water partition coefficient (Wildman–Crippen LogP) is 3.58. The first kappa shape index (κ1) is 20.1. The van der Waals surface area contributed by atoms with Gasteiger partial charge >= 0.3 is 0 Å². The molecule has 7 nitrogen and oxygen atoms in total. The lowest BCUT2D eigenvalue weighted by Crippen LogP contribution is -2.37. The van der Waals surface area contributed by atoms with E-state index in [0.29, 0.717) is 28.2 Å². The second-order valence-corrected chi connectivity index (χ2v) is 8.62. The summed E-state index contributed by atoms with van der Waals surface area (Å²) in [5, 5.41) is 4.65. The van der Waals surface area contributed by atoms with Crippen LogP contribution in [0, 0.1) is 0 Å². The number of anilines is 2. The van der Waals surface area contributed by atoms with Crippen molar-refractivity contribution < 1.29 is 19.2 Å². The number of fused-ring (bicyclic) bond motifs is 2. The largest absolute Gasteiger partial charge is 0.325 e. The third kappa shape index (κ3) is 3.48. The number of nitrogens with zero attached hydrogens (tertiary/aromatic N) is 2. The molecular formula is C24H19N3O4S. The highest BCUT2D eigenvalue weighted by Crippen LogP contribution is 2.31. The van der Waals surface area contributed by atoms with Gasteiger partial charge in [0.15, 0.2) is 0 Å². The van der Waals surface area contributed by atoms with E-state index in [4.69, 9.17) is 0 Å². The quantitative estimate of drug-likeness (QED) is 0.622. The summed E-state index contributed by atoms with van der Waals surface area (Å²) in [4.78, 5) is 53.8. The molecule has 0 fully saturated rings. The molecule has 0 spiro atoms. The number of hydrogen-bond donors (Lipinski definition) is 1. The van der Waals surface area contributed by atoms with E-state index in [0.717, 1.165) is 29.0 Å². The zero-order valence-corrected chi connectivity index (χ0v) is 17.9. The van der Waals surface area contributed by atoms with Crippen molar-refractivity contribution >= 4 is 46.3 Å². The first-order valence-electron chi connectivity index (χ1n) is 10.3. The van der Waals surface area contributed by atoms with Crippen molar-refractivity contribution in [3.05, 3.63) is 81.5 Å². The van der Waals surface area contributed by atoms with Gasteiger partial charge in [-0.25, -0.2) is 0 Å². The topological polar surface area (TPSA) is 86.8 Å². The molecule has 2 aliphatic rings. The molecule has 0 radical (unpaired) electrons. The molecule has 1 aromatic heterocycles. The molecule has 0 saturated heterocycles. The Morgan fingerprint density at radius 3 is 2.41 bits per heavy atom. The molecule has 3 aromatic rings. The number of benzene rings is 2. The number of hydrogen-bond acceptors (Lipinski definition) is 5. The minimum absolute atomic E-state index is 0.0247. The minimum atomic E-state index is -0.464. The van der Waals surface area contributed by atoms with E-state index in [1.165, 1.54) is 11.3 Å². The third-order valence-corrected chi connectivity index (χ3v) is 6.50. The van der Waals surface area contributed by atoms with E-state index in [1.54, 1.807) is 35.2 Å². The van der Waals surface area contributed by atoms with E-state index < -0.39 is 17.7 Å². The smallest absolute Gasteiger partial charge is 0.268 e. The van der Waals surface area contributed by atoms with Crippen LogP contribution in [0.15, 0.2) is 60.0 Å². The van der Waals surface area contributed by atoms with Gasteiger partial charge in [-0.05, 0) is 60.2 Å². The van der Waals surface area contributed by atoms with Crippen molar-refractivity contribution in [3.63, 3.8) is 0 Å². The number of thiophene rings is 1. The third-order valence-electron chi connectivity index (χ3n) is 5.64. The molecule has 0 bridgehead atoms. The molecule has 5 rings (SSSR count). The van der Waals surface area contributed by atoms with Gasteiger partial charge < -0.3 is 10.2 Å². The number of imide groups is 1. The molecular weight excluding hydrogens is 426 g/mol. The summed E-state index contributed by atoms with van der Waals surface area (Å²) in [6.45, 7) is 0.293. The van der Waals surface area contributed by atoms with Crippen LogP contribution in [0.2, 0.25) is 0 Å². The van der Waals surface area contributed by atoms with Crippen molar-refractivity contribution in [3.8, 4) is 0 Å². The molecule has 160 valence electrons. The summed E-state index contributed by atoms with van der Waals surface area (Å²) in [5.74, 6) is -1.41. The van der Waals surface area contributed by atoms with E-state index in [2.05, 4.69) is 5.32 Å². The minimum Gasteiger partial charge on any atom is -0.325 e. The van der Waals surface area contributed by atoms with E-state index >= 15 is 0 Å². The molecule has 32 heavy (non-hydrogen) atoms. The number of amides is 4. The van der Waals surface area contributed by atoms with E-state index in [-0.39, 0.29) is 12.5 Å². The fraction of sp³-hybridized carbons (Fsp3) is 0.167. The second kappa shape index (κ2) is 8.05. The monoisotopic (exact) mass is 445 g/mol. The number of nitrogens with one attached hydrogen (secondary N) is 1. The summed E-state index contributed by atoms with van der Waals surface area (Å²) in [7, 11) is 0. The van der Waals surface area contributed by atoms with E-state index in [1.807, 2.05) is 29.6 Å². The Morgan fingerprint density at radius 1 is 0.969 bits per heavy atom. The first-order chi connectivity index (χ1) is 15.5. The zero-order chi connectivity index (χ0) is 22.2. The van der Waals surface area contributed by atoms with Gasteiger partial charge in [0, 0.05) is 17.9 Å². The summed E-state index contributed by atoms with van der Waals surface area (Å²) >= 11 is 1.41. The van der Waals surface area contributed by atoms with Crippen LogP contribution in [-0.2, 0) is 11.2 Å². The maximum absolute atomic E-state index is 12.8. The first-order valence-corrected chi connectivity index (χ1v) is 11.1. The van der Waals surface area contributed by atoms with Gasteiger partial charge in [-0.1, -0.05) is 18.2 Å². The number of carbonyl (C=O) groups is 4. The highest BCUT2D eigenvalue weighted by molar-refractivity contribution is 7.12. The lowest BCUT2D eigenvalue weighted by Gasteiger charge is -2.29. The fourth-order valence-electron chi connectivity index (χ4n) is 4.15. The Hall–Kier alpha value is -3.78. The summed E-state index contributed by atoms with van der Waals surface area (Å²) < 4.78 is 0. The molecule has 3 heterocycles. The molecule has 0 aliphatic carbocycles. The van der Waals surface area contributed by atoms with Gasteiger partial charge in [0.2, 0.25) is 5.91 Å². The van der Waals surface area contributed by atoms with Gasteiger partial charge in [-0.2, -0.15) is 0 Å². The molecule has 1 N–H and O–H groups in total. The van der Waals surface area contributed by atoms with Crippen molar-refractivity contribution in [2.75, 3.05) is 23.3 Å². The van der Waals surface area contributed by atoms with Crippen molar-refractivity contribution in [1.82, 2.24) is 4.90 Å². The molecule has 4 amide bonds. The van der Waals surface area contributed by atoms with Gasteiger partial charge in [0.25, 0.3) is 17.7 Å². The molecule has 0 saturated carbocycles. The summed E-state index contributed by atoms with van der Waals surface area (Å²) in [5.41, 5.74) is 3.01. The predicted molar refractivity (Wildman–Crippen MR) is 121 cm³/mol. The average molecular weight is 446 g/mol. The maximum Gasteiger partial charge on any atom is 0.268 e. The average Bonchev–Trinajstić information content (AvgIpc) is 3.42. The fourth-order valence-corrected chi connectivity index (χ4v) is 4.82. The molecule has 0 atom stereocenters. The second-order valence-electron chi connectivity index (χ2n) is 7.67. The Balaban J connectivity index is 1.30. The lowest BCUT2D eigenvalue weighted by molar-refractivity contribution is -0.116. The highest BCUT2D eigenvalue weighted by atomic mass is 32.1. The van der Waals surface area contributed by atoms with Gasteiger partial charge in [-0.15, -0.1) is 11.3 Å². The summed E-state index contributed by atoms with van der Waals surface area (Å²) in [6, 6.07) is 15.6. The van der Waals surface area contributed by atoms with E-state index in [9.17, 15) is 19.2 Å². The van der Waals surface area contributed by atoms with Crippen LogP contribution in [0.4, 0.5) is 11.4 Å². The van der Waals surface area contributed by atoms with Crippen molar-refractivity contribution in [2.24, 2.45) is 0 Å². The van der Waals surface area contributed by atoms with Crippen LogP contribution >= 0.6 is 11.3 Å². The van der Waals surface area contributed by atoms with Crippen LogP contribution in [0.25, 0.3) is 0 Å². The summed E-state index contributed by atoms with van der Waals surface area (Å²) in [6.07, 6.45) is 1.63. The lowest BCUT2D eigenvalue weighted by atomic mass is 10.0. The van der Waals surface area contributed by atoms with Crippen LogP contribution in [0.1, 0.15) is 42.4 Å². The van der Waals surface area contributed by atoms with Gasteiger partial charge in [0.05, 0.1) is 16.0 Å². The highest BCUT2D eigenvalue weighted by Gasteiger charge is 2.36. The Morgan fingerprint density at radius 2 is 1.72 bits per heavy atom. The van der Waals surface area contributed by atoms with Crippen LogP contribution in [0.5, 0.6) is 0 Å². The molecule has 8 heteroatoms. The van der Waals surface area contributed by atoms with Crippen LogP contribution in [0.3, 0.4) is 0 Å². The Labute approximate surface area is 188 Å². The normalized spacial score (nSPS) is 14.9. The zero-order valence-electron chi connectivity index (χ0n) is 17.0. The molecule has 2 aromatic carbocycles. The number of carbonyl (C=O) groups excluding carboxylic acids is 4. The van der Waals surface area contributed by atoms with Crippen LogP contribution in [-0.4, -0.2) is 41.6 Å². The number of rotatable bonds is 4. The molecule has 0 unspecified atom stereocenters. The van der Waals surface area contributed by atoms with Crippen molar-refractivity contribution in [1.29, 1.82) is 0 Å². The standard InChI is InChI=1S/C24H19N3O4S/c28-21(14-27-22(29)17-6-1-2-7-18(17)23(27)30)25-16-9-10-19-15(13-16)5-3-11-26(19)24(31)20-8-4-12-32-20/h1-2,4,6-10,12-13H,3,5,11,14H2,(H,25,28). The Bertz CT molecular complexity index is 1220. The van der Waals surface area contributed by atoms with Crippen molar-refractivity contribution in [2.45, 2.75) is 12.8 Å². The van der Waals surface area contributed by atoms with Gasteiger partial charge in [-0.3, -0.25) is 24.1 Å². The Kier molecular flexibility index (Phi) is 5.07. The SMILES string of the molecule is O=C(CN1C(=O)c2ccccc2C1=O)Nc1ccc2c(c1)CCCN2C(=O)c1cccs1. The van der Waals surface area contributed by atoms with Crippen LogP contribution < -0.4 is 10.2 Å². The molecule has 2 aliphatic heterocycles. The maximum atomic E-state index is 12.8. The number of aryl methyl sites for hydroxylation is 1.